The van der Waals surface area contributed by atoms with Gasteiger partial charge >= 0.3 is 5.97 Å². The molecule has 0 saturated carbocycles. The van der Waals surface area contributed by atoms with Crippen molar-refractivity contribution in [2.75, 3.05) is 19.5 Å². The number of methoxy groups -OCH3 is 1. The van der Waals surface area contributed by atoms with Crippen LogP contribution in [0.5, 0.6) is 0 Å². The molecule has 5 nitrogen and oxygen atoms in total. The largest absolute Gasteiger partial charge is 0.467 e. The van der Waals surface area contributed by atoms with E-state index >= 15 is 0 Å². The quantitative estimate of drug-likeness (QED) is 0.793. The normalized spacial score (nSPS) is 10.7. The van der Waals surface area contributed by atoms with Gasteiger partial charge in [-0.15, -0.1) is 0 Å². The molecule has 0 radical (unpaired) electrons. The molecule has 0 aliphatic rings. The number of amides is 1. The molecule has 1 rings (SSSR count). The summed E-state index contributed by atoms with van der Waals surface area (Å²) < 4.78 is 4.64. The van der Waals surface area contributed by atoms with Crippen molar-refractivity contribution in [2.24, 2.45) is 0 Å². The smallest absolute Gasteiger partial charge is 0.330 e. The Balaban J connectivity index is 2.92. The molecule has 0 aromatic heterocycles. The summed E-state index contributed by atoms with van der Waals surface area (Å²) >= 11 is 0. The maximum Gasteiger partial charge on any atom is 0.330 e. The molecule has 0 saturated heterocycles. The molecule has 0 atom stereocenters. The van der Waals surface area contributed by atoms with Crippen molar-refractivity contribution in [3.63, 3.8) is 0 Å². The monoisotopic (exact) mass is 250 g/mol. The van der Waals surface area contributed by atoms with E-state index in [0.717, 1.165) is 0 Å². The molecule has 1 aromatic rings. The molecule has 18 heavy (non-hydrogen) atoms. The number of benzene rings is 1. The van der Waals surface area contributed by atoms with Gasteiger partial charge in [-0.05, 0) is 26.0 Å². The van der Waals surface area contributed by atoms with Crippen molar-refractivity contribution in [1.82, 2.24) is 5.32 Å². The van der Waals surface area contributed by atoms with Crippen LogP contribution in [0.2, 0.25) is 0 Å². The zero-order valence-electron chi connectivity index (χ0n) is 11.0. The van der Waals surface area contributed by atoms with E-state index in [9.17, 15) is 9.59 Å². The Bertz CT molecular complexity index is 455. The molecule has 0 bridgehead atoms. The van der Waals surface area contributed by atoms with Gasteiger partial charge in [-0.25, -0.2) is 4.79 Å². The molecule has 0 aliphatic heterocycles. The minimum atomic E-state index is -1.06. The molecule has 0 aliphatic carbocycles. The van der Waals surface area contributed by atoms with Crippen molar-refractivity contribution in [1.29, 1.82) is 0 Å². The maximum absolute atomic E-state index is 12.1. The lowest BCUT2D eigenvalue weighted by atomic mass is 10.0. The predicted molar refractivity (Wildman–Crippen MR) is 69.5 cm³/mol. The van der Waals surface area contributed by atoms with Gasteiger partial charge in [-0.1, -0.05) is 12.1 Å². The second-order valence-electron chi connectivity index (χ2n) is 4.37. The van der Waals surface area contributed by atoms with Crippen LogP contribution in [0.4, 0.5) is 5.69 Å². The van der Waals surface area contributed by atoms with Gasteiger partial charge in [0.1, 0.15) is 5.54 Å². The van der Waals surface area contributed by atoms with Crippen LogP contribution < -0.4 is 10.6 Å². The molecular formula is C13H18N2O3. The highest BCUT2D eigenvalue weighted by Crippen LogP contribution is 2.15. The Kier molecular flexibility index (Phi) is 4.31. The highest BCUT2D eigenvalue weighted by Gasteiger charge is 2.31. The minimum absolute atomic E-state index is 0.324. The Hall–Kier alpha value is -2.04. The van der Waals surface area contributed by atoms with Crippen molar-refractivity contribution >= 4 is 17.6 Å². The van der Waals surface area contributed by atoms with Gasteiger partial charge in [0.25, 0.3) is 5.91 Å². The summed E-state index contributed by atoms with van der Waals surface area (Å²) in [5.74, 6) is -0.812. The van der Waals surface area contributed by atoms with Crippen LogP contribution in [0.25, 0.3) is 0 Å². The molecule has 98 valence electrons. The number of nitrogens with one attached hydrogen (secondary N) is 2. The number of rotatable bonds is 4. The molecule has 2 N–H and O–H groups in total. The summed E-state index contributed by atoms with van der Waals surface area (Å²) in [6, 6.07) is 7.07. The fourth-order valence-electron chi connectivity index (χ4n) is 1.56. The summed E-state index contributed by atoms with van der Waals surface area (Å²) in [4.78, 5) is 23.6. The number of ether oxygens (including phenoxy) is 1. The number of anilines is 1. The zero-order valence-corrected chi connectivity index (χ0v) is 11.0. The number of esters is 1. The number of hydrogen-bond acceptors (Lipinski definition) is 4. The zero-order chi connectivity index (χ0) is 13.8. The highest BCUT2D eigenvalue weighted by atomic mass is 16.5. The first-order valence-electron chi connectivity index (χ1n) is 5.60. The van der Waals surface area contributed by atoms with E-state index in [4.69, 9.17) is 0 Å². The maximum atomic E-state index is 12.1. The molecule has 0 fully saturated rings. The van der Waals surface area contributed by atoms with Crippen molar-refractivity contribution in [3.05, 3.63) is 29.8 Å². The van der Waals surface area contributed by atoms with Crippen LogP contribution in [0, 0.1) is 0 Å². The average Bonchev–Trinajstić information content (AvgIpc) is 2.36. The molecule has 1 aromatic carbocycles. The van der Waals surface area contributed by atoms with Crippen molar-refractivity contribution in [2.45, 2.75) is 19.4 Å². The van der Waals surface area contributed by atoms with E-state index < -0.39 is 11.5 Å². The summed E-state index contributed by atoms with van der Waals surface area (Å²) in [7, 11) is 3.02. The SMILES string of the molecule is CNc1ccccc1C(=O)NC(C)(C)C(=O)OC. The fourth-order valence-corrected chi connectivity index (χ4v) is 1.56. The molecule has 0 unspecified atom stereocenters. The van der Waals surface area contributed by atoms with E-state index in [-0.39, 0.29) is 5.91 Å². The van der Waals surface area contributed by atoms with Gasteiger partial charge in [-0.2, -0.15) is 0 Å². The van der Waals surface area contributed by atoms with Crippen LogP contribution in [0.15, 0.2) is 24.3 Å². The van der Waals surface area contributed by atoms with Gasteiger partial charge < -0.3 is 15.4 Å². The minimum Gasteiger partial charge on any atom is -0.467 e. The molecule has 0 spiro atoms. The van der Waals surface area contributed by atoms with E-state index in [1.165, 1.54) is 7.11 Å². The number of hydrogen-bond donors (Lipinski definition) is 2. The van der Waals surface area contributed by atoms with Crippen molar-refractivity contribution < 1.29 is 14.3 Å². The lowest BCUT2D eigenvalue weighted by Crippen LogP contribution is -2.50. The third-order valence-corrected chi connectivity index (χ3v) is 2.56. The third-order valence-electron chi connectivity index (χ3n) is 2.56. The number of para-hydroxylation sites is 1. The Morgan fingerprint density at radius 1 is 1.22 bits per heavy atom. The highest BCUT2D eigenvalue weighted by molar-refractivity contribution is 6.02. The van der Waals surface area contributed by atoms with E-state index in [0.29, 0.717) is 11.3 Å². The van der Waals surface area contributed by atoms with Crippen molar-refractivity contribution in [3.8, 4) is 0 Å². The summed E-state index contributed by atoms with van der Waals surface area (Å²) in [6.45, 7) is 3.19. The fraction of sp³-hybridized carbons (Fsp3) is 0.385. The Labute approximate surface area is 107 Å². The number of carbonyl (C=O) groups is 2. The van der Waals surface area contributed by atoms with Gasteiger partial charge in [0.15, 0.2) is 0 Å². The van der Waals surface area contributed by atoms with Gasteiger partial charge in [0, 0.05) is 12.7 Å². The lowest BCUT2D eigenvalue weighted by Gasteiger charge is -2.23. The summed E-state index contributed by atoms with van der Waals surface area (Å²) in [5.41, 5.74) is 0.125. The summed E-state index contributed by atoms with van der Waals surface area (Å²) in [5, 5.41) is 5.57. The molecule has 1 amide bonds. The first-order valence-corrected chi connectivity index (χ1v) is 5.60. The second-order valence-corrected chi connectivity index (χ2v) is 4.37. The lowest BCUT2D eigenvalue weighted by molar-refractivity contribution is -0.146. The molecular weight excluding hydrogens is 232 g/mol. The Morgan fingerprint density at radius 3 is 2.39 bits per heavy atom. The Morgan fingerprint density at radius 2 is 1.83 bits per heavy atom. The van der Waals surface area contributed by atoms with E-state index in [1.807, 2.05) is 6.07 Å². The summed E-state index contributed by atoms with van der Waals surface area (Å²) in [6.07, 6.45) is 0. The molecule has 0 heterocycles. The third kappa shape index (κ3) is 3.00. The second kappa shape index (κ2) is 5.53. The first kappa shape index (κ1) is 14.0. The topological polar surface area (TPSA) is 67.4 Å². The van der Waals surface area contributed by atoms with E-state index in [1.54, 1.807) is 39.1 Å². The average molecular weight is 250 g/mol. The van der Waals surface area contributed by atoms with E-state index in [2.05, 4.69) is 15.4 Å². The number of carbonyl (C=O) groups excluding carboxylic acids is 2. The first-order chi connectivity index (χ1) is 8.42. The van der Waals surface area contributed by atoms with Crippen LogP contribution in [0.1, 0.15) is 24.2 Å². The van der Waals surface area contributed by atoms with Gasteiger partial charge in [0.05, 0.1) is 12.7 Å². The standard InChI is InChI=1S/C13H18N2O3/c1-13(2,12(17)18-4)15-11(16)9-7-5-6-8-10(9)14-3/h5-8,14H,1-4H3,(H,15,16). The van der Waals surface area contributed by atoms with Crippen LogP contribution in [0.3, 0.4) is 0 Å². The predicted octanol–water partition coefficient (Wildman–Crippen LogP) is 1.41. The van der Waals surface area contributed by atoms with Crippen LogP contribution in [-0.4, -0.2) is 31.6 Å². The van der Waals surface area contributed by atoms with Gasteiger partial charge in [-0.3, -0.25) is 4.79 Å². The van der Waals surface area contributed by atoms with Crippen LogP contribution >= 0.6 is 0 Å². The van der Waals surface area contributed by atoms with Gasteiger partial charge in [0.2, 0.25) is 0 Å². The molecule has 5 heteroatoms. The van der Waals surface area contributed by atoms with Crippen LogP contribution in [-0.2, 0) is 9.53 Å².